The zero-order valence-electron chi connectivity index (χ0n) is 17.8. The summed E-state index contributed by atoms with van der Waals surface area (Å²) in [5.41, 5.74) is 0.759. The molecule has 2 N–H and O–H groups in total. The summed E-state index contributed by atoms with van der Waals surface area (Å²) in [6, 6.07) is 7.72. The van der Waals surface area contributed by atoms with Crippen molar-refractivity contribution >= 4 is 11.7 Å². The Balaban J connectivity index is 1.58. The molecule has 7 heteroatoms. The van der Waals surface area contributed by atoms with E-state index in [1.165, 1.54) is 18.2 Å². The lowest BCUT2D eigenvalue weighted by atomic mass is 9.74. The second-order valence-electron chi connectivity index (χ2n) is 9.43. The molecule has 1 amide bonds. The van der Waals surface area contributed by atoms with Gasteiger partial charge < -0.3 is 15.0 Å². The average molecular weight is 426 g/mol. The summed E-state index contributed by atoms with van der Waals surface area (Å²) in [6.07, 6.45) is 2.31. The fourth-order valence-corrected chi connectivity index (χ4v) is 4.67. The van der Waals surface area contributed by atoms with Crippen molar-refractivity contribution in [2.45, 2.75) is 44.9 Å². The molecule has 1 aromatic heterocycles. The van der Waals surface area contributed by atoms with Crippen LogP contribution in [0.25, 0.3) is 0 Å². The molecule has 2 aromatic rings. The minimum atomic E-state index is -0.519. The highest BCUT2D eigenvalue weighted by molar-refractivity contribution is 6.02. The molecular weight excluding hydrogens is 399 g/mol. The molecule has 4 rings (SSSR count). The Morgan fingerprint density at radius 1 is 1.13 bits per heavy atom. The van der Waals surface area contributed by atoms with Gasteiger partial charge in [-0.1, -0.05) is 26.0 Å². The maximum atomic E-state index is 13.4. The number of H-pyrrole nitrogens is 1. The first-order valence-corrected chi connectivity index (χ1v) is 10.6. The number of aromatic nitrogens is 1. The highest BCUT2D eigenvalue weighted by Crippen LogP contribution is 2.35. The topological polar surface area (TPSA) is 88.3 Å². The average Bonchev–Trinajstić information content (AvgIpc) is 2.72. The number of carbonyl (C=O) groups is 2. The number of aromatic amines is 1. The molecule has 2 heterocycles. The number of hydrogen-bond donors (Lipinski definition) is 2. The number of halogens is 1. The molecule has 0 saturated carbocycles. The molecule has 1 fully saturated rings. The van der Waals surface area contributed by atoms with Crippen molar-refractivity contribution < 1.29 is 18.7 Å². The molecular formula is C24H27FN2O4. The lowest BCUT2D eigenvalue weighted by Gasteiger charge is -2.38. The second-order valence-corrected chi connectivity index (χ2v) is 9.43. The van der Waals surface area contributed by atoms with Crippen LogP contribution in [0.3, 0.4) is 0 Å². The molecule has 0 bridgehead atoms. The largest absolute Gasteiger partial charge is 0.381 e. The minimum absolute atomic E-state index is 0.0619. The molecule has 0 radical (unpaired) electrons. The lowest BCUT2D eigenvalue weighted by Crippen LogP contribution is -2.45. The summed E-state index contributed by atoms with van der Waals surface area (Å²) in [5, 5.41) is 2.88. The summed E-state index contributed by atoms with van der Waals surface area (Å²) in [6.45, 7) is 5.33. The summed E-state index contributed by atoms with van der Waals surface area (Å²) >= 11 is 0. The SMILES string of the molecule is CC1(C)CC(=O)c2cc(C(=O)NCC3(c4ccc(F)cc4)CCOCC3)c(=O)[nH]c2C1. The second kappa shape index (κ2) is 8.04. The van der Waals surface area contributed by atoms with Crippen LogP contribution in [0.15, 0.2) is 35.1 Å². The van der Waals surface area contributed by atoms with Crippen molar-refractivity contribution in [1.82, 2.24) is 10.3 Å². The van der Waals surface area contributed by atoms with Crippen molar-refractivity contribution in [3.63, 3.8) is 0 Å². The zero-order valence-corrected chi connectivity index (χ0v) is 17.8. The first-order chi connectivity index (χ1) is 14.7. The van der Waals surface area contributed by atoms with Gasteiger partial charge in [-0.3, -0.25) is 14.4 Å². The molecule has 0 atom stereocenters. The molecule has 31 heavy (non-hydrogen) atoms. The number of carbonyl (C=O) groups excluding carboxylic acids is 2. The van der Waals surface area contributed by atoms with E-state index in [9.17, 15) is 18.8 Å². The summed E-state index contributed by atoms with van der Waals surface area (Å²) in [5.74, 6) is -0.901. The van der Waals surface area contributed by atoms with Crippen molar-refractivity contribution in [2.75, 3.05) is 19.8 Å². The number of amides is 1. The van der Waals surface area contributed by atoms with E-state index in [1.807, 2.05) is 13.8 Å². The summed E-state index contributed by atoms with van der Waals surface area (Å²) < 4.78 is 18.9. The Morgan fingerprint density at radius 2 is 1.81 bits per heavy atom. The molecule has 1 aliphatic heterocycles. The van der Waals surface area contributed by atoms with E-state index in [2.05, 4.69) is 10.3 Å². The predicted molar refractivity (Wildman–Crippen MR) is 114 cm³/mol. The maximum absolute atomic E-state index is 13.4. The quantitative estimate of drug-likeness (QED) is 0.786. The van der Waals surface area contributed by atoms with E-state index in [0.717, 1.165) is 5.56 Å². The maximum Gasteiger partial charge on any atom is 0.261 e. The van der Waals surface area contributed by atoms with Crippen LogP contribution in [0.5, 0.6) is 0 Å². The Morgan fingerprint density at radius 3 is 2.48 bits per heavy atom. The van der Waals surface area contributed by atoms with Crippen molar-refractivity contribution in [3.8, 4) is 0 Å². The van der Waals surface area contributed by atoms with Crippen LogP contribution in [0.4, 0.5) is 4.39 Å². The number of benzene rings is 1. The van der Waals surface area contributed by atoms with E-state index in [4.69, 9.17) is 4.74 Å². The third kappa shape index (κ3) is 4.32. The Hall–Kier alpha value is -2.80. The van der Waals surface area contributed by atoms with E-state index >= 15 is 0 Å². The number of Topliss-reactive ketones (excluding diaryl/α,β-unsaturated/α-hetero) is 1. The van der Waals surface area contributed by atoms with Crippen LogP contribution in [0.2, 0.25) is 0 Å². The van der Waals surface area contributed by atoms with E-state index in [0.29, 0.717) is 56.7 Å². The van der Waals surface area contributed by atoms with Gasteiger partial charge in [0.2, 0.25) is 0 Å². The van der Waals surface area contributed by atoms with Gasteiger partial charge in [0.15, 0.2) is 5.78 Å². The highest BCUT2D eigenvalue weighted by Gasteiger charge is 2.36. The van der Waals surface area contributed by atoms with Gasteiger partial charge in [-0.2, -0.15) is 0 Å². The summed E-state index contributed by atoms with van der Waals surface area (Å²) in [7, 11) is 0. The Kier molecular flexibility index (Phi) is 5.56. The number of ketones is 1. The van der Waals surface area contributed by atoms with Crippen LogP contribution in [-0.4, -0.2) is 36.4 Å². The molecule has 1 saturated heterocycles. The molecule has 0 spiro atoms. The normalized spacial score (nSPS) is 19.5. The van der Waals surface area contributed by atoms with Gasteiger partial charge in [0.25, 0.3) is 11.5 Å². The summed E-state index contributed by atoms with van der Waals surface area (Å²) in [4.78, 5) is 40.8. The van der Waals surface area contributed by atoms with Crippen molar-refractivity contribution in [1.29, 1.82) is 0 Å². The fraction of sp³-hybridized carbons (Fsp3) is 0.458. The van der Waals surface area contributed by atoms with Gasteiger partial charge in [0.1, 0.15) is 11.4 Å². The van der Waals surface area contributed by atoms with Crippen molar-refractivity contribution in [3.05, 3.63) is 68.9 Å². The van der Waals surface area contributed by atoms with E-state index in [-0.39, 0.29) is 22.6 Å². The number of hydrogen-bond acceptors (Lipinski definition) is 4. The molecule has 6 nitrogen and oxygen atoms in total. The first-order valence-electron chi connectivity index (χ1n) is 10.6. The first kappa shape index (κ1) is 21.4. The third-order valence-electron chi connectivity index (χ3n) is 6.46. The van der Waals surface area contributed by atoms with E-state index in [1.54, 1.807) is 12.1 Å². The van der Waals surface area contributed by atoms with Crippen LogP contribution in [0, 0.1) is 11.2 Å². The monoisotopic (exact) mass is 426 g/mol. The Labute approximate surface area is 180 Å². The van der Waals surface area contributed by atoms with Crippen LogP contribution in [-0.2, 0) is 16.6 Å². The van der Waals surface area contributed by atoms with Gasteiger partial charge in [-0.25, -0.2) is 4.39 Å². The van der Waals surface area contributed by atoms with Gasteiger partial charge in [-0.05, 0) is 48.4 Å². The number of ether oxygens (including phenoxy) is 1. The highest BCUT2D eigenvalue weighted by atomic mass is 19.1. The fourth-order valence-electron chi connectivity index (χ4n) is 4.67. The smallest absolute Gasteiger partial charge is 0.261 e. The number of pyridine rings is 1. The third-order valence-corrected chi connectivity index (χ3v) is 6.46. The Bertz CT molecular complexity index is 1070. The number of rotatable bonds is 4. The van der Waals surface area contributed by atoms with Crippen LogP contribution in [0.1, 0.15) is 65.1 Å². The number of nitrogens with one attached hydrogen (secondary N) is 2. The van der Waals surface area contributed by atoms with Crippen LogP contribution >= 0.6 is 0 Å². The zero-order chi connectivity index (χ0) is 22.2. The van der Waals surface area contributed by atoms with Crippen molar-refractivity contribution in [2.24, 2.45) is 5.41 Å². The molecule has 1 aliphatic carbocycles. The number of fused-ring (bicyclic) bond motifs is 1. The molecule has 2 aliphatic rings. The van der Waals surface area contributed by atoms with Gasteiger partial charge in [0.05, 0.1) is 0 Å². The van der Waals surface area contributed by atoms with Gasteiger partial charge in [-0.15, -0.1) is 0 Å². The lowest BCUT2D eigenvalue weighted by molar-refractivity contribution is 0.0487. The van der Waals surface area contributed by atoms with Crippen LogP contribution < -0.4 is 10.9 Å². The van der Waals surface area contributed by atoms with Gasteiger partial charge >= 0.3 is 0 Å². The molecule has 0 unspecified atom stereocenters. The molecule has 164 valence electrons. The molecule has 1 aromatic carbocycles. The standard InChI is InChI=1S/C24H27FN2O4/c1-23(2)12-19-17(20(28)13-23)11-18(22(30)27-19)21(29)26-14-24(7-9-31-10-8-24)15-3-5-16(25)6-4-15/h3-6,11H,7-10,12-14H2,1-2H3,(H,26,29)(H,27,30). The predicted octanol–water partition coefficient (Wildman–Crippen LogP) is 3.15. The van der Waals surface area contributed by atoms with Gasteiger partial charge in [0, 0.05) is 42.9 Å². The van der Waals surface area contributed by atoms with E-state index < -0.39 is 16.9 Å². The minimum Gasteiger partial charge on any atom is -0.381 e.